The van der Waals surface area contributed by atoms with Crippen LogP contribution >= 0.6 is 0 Å². The summed E-state index contributed by atoms with van der Waals surface area (Å²) in [5, 5.41) is 0. The lowest BCUT2D eigenvalue weighted by molar-refractivity contribution is -0.0735. The average molecular weight is 295 g/mol. The monoisotopic (exact) mass is 295 g/mol. The highest BCUT2D eigenvalue weighted by atomic mass is 16.5. The summed E-state index contributed by atoms with van der Waals surface area (Å²) in [5.74, 6) is 6.58. The molecule has 21 heavy (non-hydrogen) atoms. The molecule has 0 aliphatic rings. The van der Waals surface area contributed by atoms with Crippen molar-refractivity contribution >= 4 is 0 Å². The van der Waals surface area contributed by atoms with Crippen molar-refractivity contribution in [3.8, 4) is 5.75 Å². The summed E-state index contributed by atoms with van der Waals surface area (Å²) in [6.45, 7) is 10.9. The van der Waals surface area contributed by atoms with Crippen LogP contribution in [0.1, 0.15) is 59.1 Å². The van der Waals surface area contributed by atoms with E-state index in [9.17, 15) is 0 Å². The molecule has 120 valence electrons. The Morgan fingerprint density at radius 2 is 1.90 bits per heavy atom. The minimum Gasteiger partial charge on any atom is -0.489 e. The second-order valence-electron chi connectivity index (χ2n) is 5.43. The van der Waals surface area contributed by atoms with Crippen LogP contribution < -0.4 is 16.0 Å². The van der Waals surface area contributed by atoms with E-state index in [4.69, 9.17) is 15.3 Å². The lowest BCUT2D eigenvalue weighted by Gasteiger charge is -2.39. The molecule has 0 aromatic carbocycles. The van der Waals surface area contributed by atoms with Crippen molar-refractivity contribution in [2.45, 2.75) is 65.2 Å². The van der Waals surface area contributed by atoms with E-state index in [1.165, 1.54) is 0 Å². The summed E-state index contributed by atoms with van der Waals surface area (Å²) in [7, 11) is 0. The molecule has 0 amide bonds. The van der Waals surface area contributed by atoms with Gasteiger partial charge < -0.3 is 9.47 Å². The summed E-state index contributed by atoms with van der Waals surface area (Å²) in [5.41, 5.74) is 3.54. The molecule has 0 radical (unpaired) electrons. The number of ether oxygens (including phenoxy) is 2. The predicted octanol–water partition coefficient (Wildman–Crippen LogP) is 2.97. The van der Waals surface area contributed by atoms with Crippen molar-refractivity contribution in [3.05, 3.63) is 24.0 Å². The van der Waals surface area contributed by atoms with Crippen LogP contribution in [-0.4, -0.2) is 23.3 Å². The number of pyridine rings is 1. The summed E-state index contributed by atoms with van der Waals surface area (Å²) in [4.78, 5) is 4.27. The molecule has 0 saturated carbocycles. The molecule has 0 bridgehead atoms. The van der Waals surface area contributed by atoms with Crippen LogP contribution in [0.2, 0.25) is 0 Å². The first kappa shape index (κ1) is 17.9. The van der Waals surface area contributed by atoms with Gasteiger partial charge >= 0.3 is 0 Å². The van der Waals surface area contributed by atoms with E-state index in [-0.39, 0.29) is 17.7 Å². The van der Waals surface area contributed by atoms with Gasteiger partial charge in [0.25, 0.3) is 0 Å². The topological polar surface area (TPSA) is 69.4 Å². The Morgan fingerprint density at radius 1 is 1.24 bits per heavy atom. The second kappa shape index (κ2) is 8.32. The van der Waals surface area contributed by atoms with Gasteiger partial charge in [-0.05, 0) is 45.2 Å². The zero-order chi connectivity index (χ0) is 15.9. The van der Waals surface area contributed by atoms with Crippen molar-refractivity contribution in [1.82, 2.24) is 10.4 Å². The summed E-state index contributed by atoms with van der Waals surface area (Å²) in [6, 6.07) is 1.85. The number of hydrazine groups is 1. The SMILES string of the molecule is CCOC(CC)(CC)C(NN)c1cncc(OC(C)C)c1. The molecule has 1 heterocycles. The van der Waals surface area contributed by atoms with Crippen molar-refractivity contribution < 1.29 is 9.47 Å². The molecular formula is C16H29N3O2. The normalized spacial score (nSPS) is 13.5. The van der Waals surface area contributed by atoms with Gasteiger partial charge in [0.2, 0.25) is 0 Å². The summed E-state index contributed by atoms with van der Waals surface area (Å²) >= 11 is 0. The van der Waals surface area contributed by atoms with Crippen LogP contribution in [0.5, 0.6) is 5.75 Å². The fraction of sp³-hybridized carbons (Fsp3) is 0.688. The number of nitrogens with two attached hydrogens (primary N) is 1. The van der Waals surface area contributed by atoms with E-state index >= 15 is 0 Å². The van der Waals surface area contributed by atoms with Crippen LogP contribution in [0, 0.1) is 0 Å². The molecule has 0 aliphatic heterocycles. The number of rotatable bonds is 9. The number of nitrogens with zero attached hydrogens (tertiary/aromatic N) is 1. The van der Waals surface area contributed by atoms with Crippen LogP contribution in [0.3, 0.4) is 0 Å². The Morgan fingerprint density at radius 3 is 2.38 bits per heavy atom. The zero-order valence-electron chi connectivity index (χ0n) is 13.8. The second-order valence-corrected chi connectivity index (χ2v) is 5.43. The van der Waals surface area contributed by atoms with Gasteiger partial charge in [-0.2, -0.15) is 0 Å². The molecular weight excluding hydrogens is 266 g/mol. The first-order valence-electron chi connectivity index (χ1n) is 7.74. The van der Waals surface area contributed by atoms with Gasteiger partial charge in [0.15, 0.2) is 0 Å². The number of aromatic nitrogens is 1. The van der Waals surface area contributed by atoms with Crippen LogP contribution in [0.25, 0.3) is 0 Å². The Kier molecular flexibility index (Phi) is 7.08. The first-order chi connectivity index (χ1) is 10.0. The molecule has 5 nitrogen and oxygen atoms in total. The third-order valence-electron chi connectivity index (χ3n) is 3.76. The fourth-order valence-electron chi connectivity index (χ4n) is 2.72. The fourth-order valence-corrected chi connectivity index (χ4v) is 2.72. The van der Waals surface area contributed by atoms with E-state index in [0.717, 1.165) is 24.2 Å². The van der Waals surface area contributed by atoms with Gasteiger partial charge in [0, 0.05) is 12.8 Å². The van der Waals surface area contributed by atoms with Crippen LogP contribution in [0.15, 0.2) is 18.5 Å². The lowest BCUT2D eigenvalue weighted by atomic mass is 9.84. The van der Waals surface area contributed by atoms with Crippen molar-refractivity contribution in [2.75, 3.05) is 6.61 Å². The van der Waals surface area contributed by atoms with E-state index < -0.39 is 0 Å². The van der Waals surface area contributed by atoms with E-state index in [1.54, 1.807) is 6.20 Å². The summed E-state index contributed by atoms with van der Waals surface area (Å²) in [6.07, 6.45) is 5.37. The van der Waals surface area contributed by atoms with Crippen molar-refractivity contribution in [1.29, 1.82) is 0 Å². The molecule has 0 fully saturated rings. The van der Waals surface area contributed by atoms with E-state index in [0.29, 0.717) is 6.61 Å². The average Bonchev–Trinajstić information content (AvgIpc) is 2.46. The molecule has 1 rings (SSSR count). The molecule has 0 aliphatic carbocycles. The quantitative estimate of drug-likeness (QED) is 0.541. The van der Waals surface area contributed by atoms with Crippen molar-refractivity contribution in [2.24, 2.45) is 5.84 Å². The molecule has 0 saturated heterocycles. The highest BCUT2D eigenvalue weighted by molar-refractivity contribution is 5.28. The Hall–Kier alpha value is -1.17. The molecule has 3 N–H and O–H groups in total. The molecule has 1 aromatic rings. The van der Waals surface area contributed by atoms with Crippen LogP contribution in [0.4, 0.5) is 0 Å². The number of hydrogen-bond acceptors (Lipinski definition) is 5. The molecule has 1 unspecified atom stereocenters. The smallest absolute Gasteiger partial charge is 0.138 e. The van der Waals surface area contributed by atoms with Gasteiger partial charge in [-0.15, -0.1) is 0 Å². The van der Waals surface area contributed by atoms with Gasteiger partial charge in [-0.1, -0.05) is 13.8 Å². The molecule has 1 atom stereocenters. The van der Waals surface area contributed by atoms with E-state index in [2.05, 4.69) is 24.3 Å². The number of hydrogen-bond donors (Lipinski definition) is 2. The van der Waals surface area contributed by atoms with Gasteiger partial charge in [0.05, 0.1) is 23.9 Å². The third kappa shape index (κ3) is 4.40. The maximum atomic E-state index is 6.05. The lowest BCUT2D eigenvalue weighted by Crippen LogP contribution is -2.48. The van der Waals surface area contributed by atoms with Gasteiger partial charge in [-0.3, -0.25) is 16.3 Å². The van der Waals surface area contributed by atoms with Gasteiger partial charge in [0.1, 0.15) is 5.75 Å². The Labute approximate surface area is 128 Å². The largest absolute Gasteiger partial charge is 0.489 e. The maximum absolute atomic E-state index is 6.05. The summed E-state index contributed by atoms with van der Waals surface area (Å²) < 4.78 is 11.8. The minimum absolute atomic E-state index is 0.111. The van der Waals surface area contributed by atoms with Crippen LogP contribution in [-0.2, 0) is 4.74 Å². The highest BCUT2D eigenvalue weighted by Crippen LogP contribution is 2.35. The molecule has 1 aromatic heterocycles. The minimum atomic E-state index is -0.346. The predicted molar refractivity (Wildman–Crippen MR) is 85.0 cm³/mol. The Bertz CT molecular complexity index is 420. The molecule has 0 spiro atoms. The third-order valence-corrected chi connectivity index (χ3v) is 3.76. The Balaban J connectivity index is 3.12. The highest BCUT2D eigenvalue weighted by Gasteiger charge is 2.37. The maximum Gasteiger partial charge on any atom is 0.138 e. The zero-order valence-corrected chi connectivity index (χ0v) is 13.8. The van der Waals surface area contributed by atoms with Gasteiger partial charge in [-0.25, -0.2) is 0 Å². The standard InChI is InChI=1S/C16H29N3O2/c1-6-16(7-2,20-8-3)15(19-17)13-9-14(11-18-10-13)21-12(4)5/h9-12,15,19H,6-8,17H2,1-5H3. The number of nitrogens with one attached hydrogen (secondary N) is 1. The molecule has 5 heteroatoms. The van der Waals surface area contributed by atoms with E-state index in [1.807, 2.05) is 33.0 Å². The van der Waals surface area contributed by atoms with Crippen molar-refractivity contribution in [3.63, 3.8) is 0 Å². The first-order valence-corrected chi connectivity index (χ1v) is 7.74.